The first-order chi connectivity index (χ1) is 27.2. The number of nitrogens with zero attached hydrogens (tertiary/aromatic N) is 3. The molecule has 2 aromatic heterocycles. The molecule has 0 aliphatic carbocycles. The predicted molar refractivity (Wildman–Crippen MR) is 228 cm³/mol. The number of fused-ring (bicyclic) bond motifs is 7. The average molecular weight is 724 g/mol. The van der Waals surface area contributed by atoms with Crippen LogP contribution in [0.25, 0.3) is 65.6 Å². The van der Waals surface area contributed by atoms with Gasteiger partial charge in [-0.1, -0.05) is 127 Å². The van der Waals surface area contributed by atoms with Crippen molar-refractivity contribution in [2.45, 2.75) is 4.90 Å². The fourth-order valence-electron chi connectivity index (χ4n) is 8.50. The Hall–Kier alpha value is -6.95. The number of hydrogen-bond acceptors (Lipinski definition) is 2. The SMILES string of the molecule is O=S1(c2ccccc2)=NC(c2ccc3c(c2)c2ccccc2n3-c2ccccc2)=c2ccccc2=C1c1ccc2c(c1)c1ccccc1n2-c1ccccc1. The van der Waals surface area contributed by atoms with Crippen molar-refractivity contribution < 1.29 is 4.21 Å². The molecule has 1 aliphatic heterocycles. The molecule has 3 heterocycles. The van der Waals surface area contributed by atoms with E-state index in [1.54, 1.807) is 0 Å². The van der Waals surface area contributed by atoms with Gasteiger partial charge < -0.3 is 9.13 Å². The molecule has 0 saturated carbocycles. The van der Waals surface area contributed by atoms with Gasteiger partial charge in [-0.3, -0.25) is 0 Å². The highest BCUT2D eigenvalue weighted by Crippen LogP contribution is 2.39. The number of rotatable bonds is 5. The number of benzene rings is 8. The first kappa shape index (κ1) is 31.6. The minimum Gasteiger partial charge on any atom is -0.309 e. The Bertz CT molecular complexity index is 3410. The van der Waals surface area contributed by atoms with Gasteiger partial charge in [0.1, 0.15) is 9.73 Å². The van der Waals surface area contributed by atoms with Crippen molar-refractivity contribution in [1.82, 2.24) is 9.13 Å². The highest BCUT2D eigenvalue weighted by atomic mass is 32.2. The third-order valence-corrected chi connectivity index (χ3v) is 13.3. The van der Waals surface area contributed by atoms with Crippen LogP contribution in [-0.2, 0) is 9.73 Å². The van der Waals surface area contributed by atoms with Gasteiger partial charge in [-0.15, -0.1) is 0 Å². The van der Waals surface area contributed by atoms with Crippen LogP contribution in [-0.4, -0.2) is 13.3 Å². The highest BCUT2D eigenvalue weighted by Gasteiger charge is 2.28. The smallest absolute Gasteiger partial charge is 0.110 e. The quantitative estimate of drug-likeness (QED) is 0.174. The first-order valence-corrected chi connectivity index (χ1v) is 20.0. The van der Waals surface area contributed by atoms with Crippen molar-refractivity contribution in [2.24, 2.45) is 4.36 Å². The molecule has 8 aromatic carbocycles. The van der Waals surface area contributed by atoms with Gasteiger partial charge in [0.05, 0.1) is 37.6 Å². The van der Waals surface area contributed by atoms with Gasteiger partial charge in [-0.25, -0.2) is 4.21 Å². The zero-order valence-corrected chi connectivity index (χ0v) is 30.5. The molecule has 0 spiro atoms. The molecule has 0 saturated heterocycles. The van der Waals surface area contributed by atoms with E-state index >= 15 is 4.21 Å². The summed E-state index contributed by atoms with van der Waals surface area (Å²) in [7, 11) is -3.18. The van der Waals surface area contributed by atoms with E-state index in [0.29, 0.717) is 4.90 Å². The molecule has 1 aliphatic rings. The normalized spacial score (nSPS) is 15.5. The van der Waals surface area contributed by atoms with E-state index in [-0.39, 0.29) is 0 Å². The van der Waals surface area contributed by atoms with Crippen molar-refractivity contribution in [3.8, 4) is 11.4 Å². The second kappa shape index (κ2) is 12.3. The van der Waals surface area contributed by atoms with E-state index in [1.165, 1.54) is 0 Å². The summed E-state index contributed by atoms with van der Waals surface area (Å²) < 4.78 is 26.2. The van der Waals surface area contributed by atoms with Crippen molar-refractivity contribution in [3.63, 3.8) is 0 Å². The molecule has 0 N–H and O–H groups in total. The molecule has 0 amide bonds. The van der Waals surface area contributed by atoms with Crippen LogP contribution in [0.15, 0.2) is 209 Å². The number of para-hydroxylation sites is 4. The maximum absolute atomic E-state index is 16.1. The van der Waals surface area contributed by atoms with E-state index in [9.17, 15) is 0 Å². The minimum absolute atomic E-state index is 0.686. The molecular formula is C50H33N3OS. The summed E-state index contributed by atoms with van der Waals surface area (Å²) in [4.78, 5) is 1.42. The van der Waals surface area contributed by atoms with E-state index < -0.39 is 9.73 Å². The topological polar surface area (TPSA) is 39.3 Å². The van der Waals surface area contributed by atoms with Crippen LogP contribution in [0.3, 0.4) is 0 Å². The van der Waals surface area contributed by atoms with Crippen molar-refractivity contribution in [1.29, 1.82) is 0 Å². The Morgan fingerprint density at radius 3 is 1.40 bits per heavy atom. The van der Waals surface area contributed by atoms with E-state index in [0.717, 1.165) is 87.2 Å². The van der Waals surface area contributed by atoms with Gasteiger partial charge in [-0.05, 0) is 78.4 Å². The summed E-state index contributed by atoms with van der Waals surface area (Å²) in [6.07, 6.45) is 0. The Morgan fingerprint density at radius 1 is 0.382 bits per heavy atom. The van der Waals surface area contributed by atoms with Gasteiger partial charge >= 0.3 is 0 Å². The number of aromatic nitrogens is 2. The van der Waals surface area contributed by atoms with E-state index in [1.807, 2.05) is 48.5 Å². The lowest BCUT2D eigenvalue weighted by molar-refractivity contribution is 0.683. The summed E-state index contributed by atoms with van der Waals surface area (Å²) in [6, 6.07) is 69.2. The monoisotopic (exact) mass is 723 g/mol. The second-order valence-corrected chi connectivity index (χ2v) is 16.1. The fourth-order valence-corrected chi connectivity index (χ4v) is 10.8. The van der Waals surface area contributed by atoms with Crippen LogP contribution >= 0.6 is 0 Å². The van der Waals surface area contributed by atoms with Crippen molar-refractivity contribution in [2.75, 3.05) is 0 Å². The lowest BCUT2D eigenvalue weighted by Gasteiger charge is -2.21. The van der Waals surface area contributed by atoms with Crippen LogP contribution in [0, 0.1) is 0 Å². The van der Waals surface area contributed by atoms with Crippen molar-refractivity contribution >= 4 is 63.9 Å². The maximum atomic E-state index is 16.1. The molecule has 10 aromatic rings. The zero-order valence-electron chi connectivity index (χ0n) is 29.7. The van der Waals surface area contributed by atoms with Gasteiger partial charge in [-0.2, -0.15) is 4.36 Å². The van der Waals surface area contributed by atoms with Gasteiger partial charge in [0, 0.05) is 48.9 Å². The molecule has 0 fully saturated rings. The van der Waals surface area contributed by atoms with Gasteiger partial charge in [0.15, 0.2) is 0 Å². The Balaban J connectivity index is 1.22. The molecule has 11 rings (SSSR count). The first-order valence-electron chi connectivity index (χ1n) is 18.5. The molecule has 1 atom stereocenters. The fraction of sp³-hybridized carbons (Fsp3) is 0. The molecule has 4 nitrogen and oxygen atoms in total. The molecule has 260 valence electrons. The third kappa shape index (κ3) is 4.80. The lowest BCUT2D eigenvalue weighted by atomic mass is 10.0. The molecule has 55 heavy (non-hydrogen) atoms. The molecular weight excluding hydrogens is 691 g/mol. The van der Waals surface area contributed by atoms with Crippen molar-refractivity contribution in [3.05, 3.63) is 222 Å². The molecule has 0 bridgehead atoms. The van der Waals surface area contributed by atoms with Gasteiger partial charge in [0.2, 0.25) is 0 Å². The highest BCUT2D eigenvalue weighted by molar-refractivity contribution is 8.02. The molecule has 0 radical (unpaired) electrons. The van der Waals surface area contributed by atoms with Crippen LogP contribution in [0.1, 0.15) is 11.1 Å². The number of hydrogen-bond donors (Lipinski definition) is 0. The molecule has 1 unspecified atom stereocenters. The zero-order chi connectivity index (χ0) is 36.5. The lowest BCUT2D eigenvalue weighted by Crippen LogP contribution is -2.34. The summed E-state index contributed by atoms with van der Waals surface area (Å²) >= 11 is 0. The standard InChI is InChI=1S/C50H33N3OS/c54-55(38-20-8-3-9-21-38)50(35-29-31-48-44(33-35)40-23-13-15-27-46(40)53(48)37-18-6-2-7-19-37)42-25-11-10-24-41(42)49(51-55)34-28-30-47-43(32-34)39-22-12-14-26-45(39)52(47)36-16-4-1-5-17-36/h1-33H. The third-order valence-electron chi connectivity index (χ3n) is 10.9. The summed E-state index contributed by atoms with van der Waals surface area (Å²) in [5, 5.41) is 6.42. The van der Waals surface area contributed by atoms with E-state index in [4.69, 9.17) is 4.36 Å². The Morgan fingerprint density at radius 2 is 0.818 bits per heavy atom. The van der Waals surface area contributed by atoms with Gasteiger partial charge in [0.25, 0.3) is 0 Å². The summed E-state index contributed by atoms with van der Waals surface area (Å²) in [5.41, 5.74) is 9.24. The maximum Gasteiger partial charge on any atom is 0.110 e. The molecule has 5 heteroatoms. The largest absolute Gasteiger partial charge is 0.309 e. The summed E-state index contributed by atoms with van der Waals surface area (Å²) in [6.45, 7) is 0. The predicted octanol–water partition coefficient (Wildman–Crippen LogP) is 10.7. The van der Waals surface area contributed by atoms with Crippen LogP contribution in [0.2, 0.25) is 0 Å². The van der Waals surface area contributed by atoms with Crippen LogP contribution in [0.4, 0.5) is 0 Å². The van der Waals surface area contributed by atoms with Crippen LogP contribution < -0.4 is 10.4 Å². The Kier molecular flexibility index (Phi) is 7.06. The minimum atomic E-state index is -3.18. The summed E-state index contributed by atoms with van der Waals surface area (Å²) in [5.74, 6) is 0. The second-order valence-electron chi connectivity index (χ2n) is 14.0. The average Bonchev–Trinajstić information content (AvgIpc) is 3.76. The van der Waals surface area contributed by atoms with E-state index in [2.05, 4.69) is 161 Å². The van der Waals surface area contributed by atoms with Crippen LogP contribution in [0.5, 0.6) is 0 Å². The Labute approximate surface area is 318 Å².